The molecule has 3 aromatic rings. The molecule has 2 aromatic heterocycles. The van der Waals surface area contributed by atoms with E-state index in [1.807, 2.05) is 35.2 Å². The minimum atomic E-state index is -0.892. The molecule has 2 aliphatic heterocycles. The van der Waals surface area contributed by atoms with E-state index in [2.05, 4.69) is 4.98 Å². The number of carbonyl (C=O) groups excluding carboxylic acids is 1. The molecular formula is C22H20N2O4S. The van der Waals surface area contributed by atoms with Crippen LogP contribution in [0.5, 0.6) is 0 Å². The Kier molecular flexibility index (Phi) is 4.37. The van der Waals surface area contributed by atoms with E-state index >= 15 is 0 Å². The van der Waals surface area contributed by atoms with E-state index in [0.717, 1.165) is 27.8 Å². The number of fused-ring (bicyclic) bond motifs is 3. The van der Waals surface area contributed by atoms with Crippen molar-refractivity contribution in [1.82, 2.24) is 9.88 Å². The maximum absolute atomic E-state index is 13.2. The summed E-state index contributed by atoms with van der Waals surface area (Å²) >= 11 is 1.32. The van der Waals surface area contributed by atoms with Crippen LogP contribution in [-0.2, 0) is 16.8 Å². The third kappa shape index (κ3) is 3.01. The first-order valence-corrected chi connectivity index (χ1v) is 10.5. The molecule has 1 saturated heterocycles. The highest BCUT2D eigenvalue weighted by atomic mass is 32.1. The molecule has 0 aliphatic carbocycles. The molecule has 148 valence electrons. The van der Waals surface area contributed by atoms with Gasteiger partial charge in [0.1, 0.15) is 10.5 Å². The molecule has 1 fully saturated rings. The second-order valence-electron chi connectivity index (χ2n) is 7.53. The van der Waals surface area contributed by atoms with E-state index in [-0.39, 0.29) is 5.91 Å². The SMILES string of the molecule is O=C(O)c1cc2c(s1)C1(CCN(C(=O)c3cccc4ncccc34)CC1)OCC2. The van der Waals surface area contributed by atoms with Gasteiger partial charge in [0.15, 0.2) is 0 Å². The molecule has 0 saturated carbocycles. The number of carboxylic acid groups (broad SMARTS) is 1. The van der Waals surface area contributed by atoms with Gasteiger partial charge in [-0.15, -0.1) is 11.3 Å². The van der Waals surface area contributed by atoms with Crippen LogP contribution in [0.4, 0.5) is 0 Å². The van der Waals surface area contributed by atoms with Crippen LogP contribution in [0.15, 0.2) is 42.6 Å². The molecule has 1 aromatic carbocycles. The zero-order valence-corrected chi connectivity index (χ0v) is 16.6. The number of aromatic carboxylic acids is 1. The summed E-state index contributed by atoms with van der Waals surface area (Å²) in [6.07, 6.45) is 3.82. The Morgan fingerprint density at radius 1 is 1.17 bits per heavy atom. The van der Waals surface area contributed by atoms with Crippen molar-refractivity contribution in [2.75, 3.05) is 19.7 Å². The number of hydrogen-bond donors (Lipinski definition) is 1. The van der Waals surface area contributed by atoms with Crippen LogP contribution in [0.25, 0.3) is 10.9 Å². The first-order chi connectivity index (χ1) is 14.1. The van der Waals surface area contributed by atoms with Gasteiger partial charge < -0.3 is 14.7 Å². The Labute approximate surface area is 171 Å². The third-order valence-electron chi connectivity index (χ3n) is 5.92. The minimum Gasteiger partial charge on any atom is -0.477 e. The van der Waals surface area contributed by atoms with Gasteiger partial charge in [0.2, 0.25) is 0 Å². The number of hydrogen-bond acceptors (Lipinski definition) is 5. The number of likely N-dealkylation sites (tertiary alicyclic amines) is 1. The van der Waals surface area contributed by atoms with Crippen LogP contribution in [0.2, 0.25) is 0 Å². The number of thiophene rings is 1. The van der Waals surface area contributed by atoms with Gasteiger partial charge in [-0.25, -0.2) is 4.79 Å². The van der Waals surface area contributed by atoms with Crippen molar-refractivity contribution in [3.8, 4) is 0 Å². The van der Waals surface area contributed by atoms with Crippen molar-refractivity contribution in [2.45, 2.75) is 24.9 Å². The molecule has 6 nitrogen and oxygen atoms in total. The van der Waals surface area contributed by atoms with E-state index < -0.39 is 11.6 Å². The Hall–Kier alpha value is -2.77. The van der Waals surface area contributed by atoms with Gasteiger partial charge in [-0.3, -0.25) is 9.78 Å². The fourth-order valence-electron chi connectivity index (χ4n) is 4.43. The van der Waals surface area contributed by atoms with Gasteiger partial charge in [0, 0.05) is 35.1 Å². The second-order valence-corrected chi connectivity index (χ2v) is 8.58. The van der Waals surface area contributed by atoms with Crippen LogP contribution in [0.1, 0.15) is 43.3 Å². The summed E-state index contributed by atoms with van der Waals surface area (Å²) in [5.74, 6) is -0.886. The zero-order valence-electron chi connectivity index (χ0n) is 15.8. The highest BCUT2D eigenvalue weighted by molar-refractivity contribution is 7.14. The van der Waals surface area contributed by atoms with E-state index in [0.29, 0.717) is 43.0 Å². The number of carboxylic acids is 1. The monoisotopic (exact) mass is 408 g/mol. The van der Waals surface area contributed by atoms with E-state index in [4.69, 9.17) is 4.74 Å². The van der Waals surface area contributed by atoms with Gasteiger partial charge in [0.05, 0.1) is 12.1 Å². The van der Waals surface area contributed by atoms with Crippen LogP contribution in [0, 0.1) is 0 Å². The number of piperidine rings is 1. The van der Waals surface area contributed by atoms with Crippen molar-refractivity contribution in [3.05, 3.63) is 63.5 Å². The molecule has 0 bridgehead atoms. The number of nitrogens with zero attached hydrogens (tertiary/aromatic N) is 2. The summed E-state index contributed by atoms with van der Waals surface area (Å²) in [6.45, 7) is 1.75. The summed E-state index contributed by atoms with van der Waals surface area (Å²) < 4.78 is 6.20. The van der Waals surface area contributed by atoms with E-state index in [1.165, 1.54) is 11.3 Å². The van der Waals surface area contributed by atoms with Gasteiger partial charge in [-0.2, -0.15) is 0 Å². The average molecular weight is 408 g/mol. The molecule has 7 heteroatoms. The molecule has 2 aliphatic rings. The highest BCUT2D eigenvalue weighted by Gasteiger charge is 2.43. The number of benzene rings is 1. The van der Waals surface area contributed by atoms with Gasteiger partial charge in [-0.05, 0) is 49.1 Å². The molecule has 0 radical (unpaired) electrons. The summed E-state index contributed by atoms with van der Waals surface area (Å²) in [7, 11) is 0. The molecule has 29 heavy (non-hydrogen) atoms. The van der Waals surface area contributed by atoms with Crippen molar-refractivity contribution in [2.24, 2.45) is 0 Å². The lowest BCUT2D eigenvalue weighted by Gasteiger charge is -2.43. The summed E-state index contributed by atoms with van der Waals surface area (Å²) in [6, 6.07) is 11.2. The molecule has 0 atom stereocenters. The second kappa shape index (κ2) is 6.93. The first-order valence-electron chi connectivity index (χ1n) is 9.71. The maximum Gasteiger partial charge on any atom is 0.345 e. The van der Waals surface area contributed by atoms with Crippen LogP contribution in [-0.4, -0.2) is 46.6 Å². The summed E-state index contributed by atoms with van der Waals surface area (Å²) in [5.41, 5.74) is 2.09. The Morgan fingerprint density at radius 3 is 2.79 bits per heavy atom. The maximum atomic E-state index is 13.2. The number of pyridine rings is 1. The number of carbonyl (C=O) groups is 2. The molecule has 0 unspecified atom stereocenters. The van der Waals surface area contributed by atoms with Gasteiger partial charge in [-0.1, -0.05) is 12.1 Å². The van der Waals surface area contributed by atoms with Crippen LogP contribution in [0.3, 0.4) is 0 Å². The lowest BCUT2D eigenvalue weighted by Crippen LogP contribution is -2.47. The highest BCUT2D eigenvalue weighted by Crippen LogP contribution is 2.45. The number of aromatic nitrogens is 1. The number of rotatable bonds is 2. The molecular weight excluding hydrogens is 388 g/mol. The Morgan fingerprint density at radius 2 is 2.00 bits per heavy atom. The summed E-state index contributed by atoms with van der Waals surface area (Å²) in [5, 5.41) is 10.2. The number of amides is 1. The van der Waals surface area contributed by atoms with Crippen molar-refractivity contribution < 1.29 is 19.4 Å². The molecule has 1 amide bonds. The molecule has 4 heterocycles. The zero-order chi connectivity index (χ0) is 20.0. The van der Waals surface area contributed by atoms with Gasteiger partial charge >= 0.3 is 5.97 Å². The van der Waals surface area contributed by atoms with Crippen LogP contribution < -0.4 is 0 Å². The van der Waals surface area contributed by atoms with Crippen LogP contribution >= 0.6 is 11.3 Å². The van der Waals surface area contributed by atoms with Gasteiger partial charge in [0.25, 0.3) is 5.91 Å². The first kappa shape index (κ1) is 18.3. The normalized spacial score (nSPS) is 18.0. The van der Waals surface area contributed by atoms with E-state index in [1.54, 1.807) is 12.3 Å². The number of ether oxygens (including phenoxy) is 1. The topological polar surface area (TPSA) is 79.7 Å². The quantitative estimate of drug-likeness (QED) is 0.699. The predicted octanol–water partition coefficient (Wildman–Crippen LogP) is 3.70. The predicted molar refractivity (Wildman–Crippen MR) is 109 cm³/mol. The minimum absolute atomic E-state index is 0.00638. The lowest BCUT2D eigenvalue weighted by atomic mass is 9.85. The molecule has 1 spiro atoms. The van der Waals surface area contributed by atoms with Crippen molar-refractivity contribution in [3.63, 3.8) is 0 Å². The largest absolute Gasteiger partial charge is 0.477 e. The standard InChI is InChI=1S/C22H20N2O4S/c25-20(16-3-1-5-17-15(16)4-2-9-23-17)24-10-7-22(8-11-24)19-14(6-12-28-22)13-18(29-19)21(26)27/h1-5,9,13H,6-8,10-12H2,(H,26,27). The summed E-state index contributed by atoms with van der Waals surface area (Å²) in [4.78, 5) is 32.2. The van der Waals surface area contributed by atoms with E-state index in [9.17, 15) is 14.7 Å². The Bertz CT molecular complexity index is 1110. The third-order valence-corrected chi connectivity index (χ3v) is 7.27. The Balaban J connectivity index is 1.40. The fraction of sp³-hybridized carbons (Fsp3) is 0.318. The molecule has 5 rings (SSSR count). The fourth-order valence-corrected chi connectivity index (χ4v) is 5.68. The van der Waals surface area contributed by atoms with Crippen molar-refractivity contribution in [1.29, 1.82) is 0 Å². The lowest BCUT2D eigenvalue weighted by molar-refractivity contribution is -0.0906. The molecule has 1 N–H and O–H groups in total. The average Bonchev–Trinajstić information content (AvgIpc) is 3.20. The van der Waals surface area contributed by atoms with Crippen molar-refractivity contribution >= 4 is 34.1 Å². The smallest absolute Gasteiger partial charge is 0.345 e.